The number of hydrogen-bond acceptors (Lipinski definition) is 3. The third-order valence-electron chi connectivity index (χ3n) is 4.05. The minimum atomic E-state index is -0.304. The van der Waals surface area contributed by atoms with Crippen LogP contribution in [0.15, 0.2) is 0 Å². The maximum atomic E-state index is 9.33. The lowest BCUT2D eigenvalue weighted by atomic mass is 10.00. The van der Waals surface area contributed by atoms with E-state index in [4.69, 9.17) is 5.73 Å². The van der Waals surface area contributed by atoms with E-state index < -0.39 is 0 Å². The average Bonchev–Trinajstić information content (AvgIpc) is 2.73. The third-order valence-corrected chi connectivity index (χ3v) is 4.05. The van der Waals surface area contributed by atoms with Crippen molar-refractivity contribution >= 4 is 0 Å². The maximum Gasteiger partial charge on any atom is 0.0611 e. The van der Waals surface area contributed by atoms with Crippen LogP contribution in [0.3, 0.4) is 0 Å². The van der Waals surface area contributed by atoms with Crippen molar-refractivity contribution in [2.24, 2.45) is 5.73 Å². The van der Waals surface area contributed by atoms with E-state index in [0.717, 1.165) is 19.3 Å². The number of hydrogen-bond donors (Lipinski definition) is 2. The molecule has 0 radical (unpaired) electrons. The number of unbranched alkanes of at least 4 members (excludes halogenated alkanes) is 2. The summed E-state index contributed by atoms with van der Waals surface area (Å²) in [7, 11) is 0. The summed E-state index contributed by atoms with van der Waals surface area (Å²) in [5, 5.41) is 9.33. The lowest BCUT2D eigenvalue weighted by molar-refractivity contribution is 0.162. The second kappa shape index (κ2) is 7.34. The van der Waals surface area contributed by atoms with Gasteiger partial charge >= 0.3 is 0 Å². The maximum absolute atomic E-state index is 9.33. The summed E-state index contributed by atoms with van der Waals surface area (Å²) in [4.78, 5) is 2.61. The van der Waals surface area contributed by atoms with E-state index in [0.29, 0.717) is 6.04 Å². The first kappa shape index (κ1) is 14.9. The van der Waals surface area contributed by atoms with Gasteiger partial charge in [0.05, 0.1) is 6.61 Å². The molecule has 1 fully saturated rings. The molecule has 102 valence electrons. The van der Waals surface area contributed by atoms with Crippen LogP contribution < -0.4 is 5.73 Å². The molecule has 2 atom stereocenters. The Kier molecular flexibility index (Phi) is 6.45. The molecule has 0 saturated heterocycles. The van der Waals surface area contributed by atoms with Crippen molar-refractivity contribution in [2.75, 3.05) is 19.7 Å². The van der Waals surface area contributed by atoms with Crippen LogP contribution in [0.4, 0.5) is 0 Å². The van der Waals surface area contributed by atoms with Gasteiger partial charge in [0, 0.05) is 11.6 Å². The minimum Gasteiger partial charge on any atom is -0.394 e. The Bertz CT molecular complexity index is 202. The average molecular weight is 242 g/mol. The predicted octanol–water partition coefficient (Wildman–Crippen LogP) is 2.13. The van der Waals surface area contributed by atoms with Gasteiger partial charge in [-0.05, 0) is 45.2 Å². The zero-order chi connectivity index (χ0) is 12.7. The smallest absolute Gasteiger partial charge is 0.0611 e. The number of nitrogens with two attached hydrogens (primary N) is 1. The fourth-order valence-electron chi connectivity index (χ4n) is 2.78. The fraction of sp³-hybridized carbons (Fsp3) is 1.00. The molecule has 1 saturated carbocycles. The molecule has 0 heterocycles. The Morgan fingerprint density at radius 1 is 1.24 bits per heavy atom. The van der Waals surface area contributed by atoms with E-state index in [1.54, 1.807) is 0 Å². The van der Waals surface area contributed by atoms with Crippen LogP contribution >= 0.6 is 0 Å². The molecule has 0 aromatic heterocycles. The molecule has 0 aromatic rings. The van der Waals surface area contributed by atoms with Crippen molar-refractivity contribution in [3.05, 3.63) is 0 Å². The molecule has 1 aliphatic rings. The highest BCUT2D eigenvalue weighted by molar-refractivity contribution is 4.96. The molecule has 0 amide bonds. The van der Waals surface area contributed by atoms with E-state index >= 15 is 0 Å². The van der Waals surface area contributed by atoms with Gasteiger partial charge in [-0.3, -0.25) is 0 Å². The number of aliphatic hydroxyl groups excluding tert-OH is 1. The quantitative estimate of drug-likeness (QED) is 0.685. The first-order valence-electron chi connectivity index (χ1n) is 7.29. The van der Waals surface area contributed by atoms with Gasteiger partial charge in [0.2, 0.25) is 0 Å². The molecular formula is C14H30N2O. The number of aliphatic hydroxyl groups is 1. The topological polar surface area (TPSA) is 49.5 Å². The summed E-state index contributed by atoms with van der Waals surface area (Å²) in [6.45, 7) is 7.02. The molecule has 0 spiro atoms. The molecule has 0 aliphatic heterocycles. The van der Waals surface area contributed by atoms with Crippen molar-refractivity contribution in [1.29, 1.82) is 0 Å². The van der Waals surface area contributed by atoms with E-state index in [1.807, 2.05) is 0 Å². The monoisotopic (exact) mass is 242 g/mol. The first-order chi connectivity index (χ1) is 8.15. The Hall–Kier alpha value is -0.120. The van der Waals surface area contributed by atoms with Crippen molar-refractivity contribution in [1.82, 2.24) is 4.90 Å². The van der Waals surface area contributed by atoms with Gasteiger partial charge in [-0.25, -0.2) is 0 Å². The summed E-state index contributed by atoms with van der Waals surface area (Å²) >= 11 is 0. The molecule has 3 heteroatoms. The van der Waals surface area contributed by atoms with Gasteiger partial charge in [0.25, 0.3) is 0 Å². The van der Waals surface area contributed by atoms with Crippen LogP contribution in [-0.2, 0) is 0 Å². The van der Waals surface area contributed by atoms with Crippen LogP contribution in [0.25, 0.3) is 0 Å². The lowest BCUT2D eigenvalue weighted by Crippen LogP contribution is -2.44. The zero-order valence-corrected chi connectivity index (χ0v) is 11.6. The van der Waals surface area contributed by atoms with Gasteiger partial charge in [-0.1, -0.05) is 26.7 Å². The Morgan fingerprint density at radius 2 is 1.82 bits per heavy atom. The van der Waals surface area contributed by atoms with E-state index in [-0.39, 0.29) is 12.1 Å². The normalized spacial score (nSPS) is 29.1. The highest BCUT2D eigenvalue weighted by Gasteiger charge is 2.37. The standard InChI is InChI=1S/C14H30N2O/c1-3-5-9-16(10-6-4-2)13-7-8-14(15,11-13)12-17/h13,17H,3-12,15H2,1-2H3. The second-order valence-electron chi connectivity index (χ2n) is 5.66. The predicted molar refractivity (Wildman–Crippen MR) is 73.0 cm³/mol. The number of rotatable bonds is 8. The largest absolute Gasteiger partial charge is 0.394 e. The number of nitrogens with zero attached hydrogens (tertiary/aromatic N) is 1. The third kappa shape index (κ3) is 4.57. The first-order valence-corrected chi connectivity index (χ1v) is 7.29. The molecule has 17 heavy (non-hydrogen) atoms. The lowest BCUT2D eigenvalue weighted by Gasteiger charge is -2.30. The molecule has 0 bridgehead atoms. The molecule has 3 nitrogen and oxygen atoms in total. The van der Waals surface area contributed by atoms with Gasteiger partial charge in [-0.2, -0.15) is 0 Å². The molecular weight excluding hydrogens is 212 g/mol. The zero-order valence-electron chi connectivity index (χ0n) is 11.6. The Labute approximate surface area is 106 Å². The van der Waals surface area contributed by atoms with Crippen LogP contribution in [0.5, 0.6) is 0 Å². The molecule has 1 rings (SSSR count). The van der Waals surface area contributed by atoms with Crippen molar-refractivity contribution < 1.29 is 5.11 Å². The Morgan fingerprint density at radius 3 is 2.24 bits per heavy atom. The van der Waals surface area contributed by atoms with Crippen LogP contribution in [0, 0.1) is 0 Å². The van der Waals surface area contributed by atoms with Crippen LogP contribution in [-0.4, -0.2) is 41.3 Å². The highest BCUT2D eigenvalue weighted by Crippen LogP contribution is 2.31. The molecule has 2 unspecified atom stereocenters. The van der Waals surface area contributed by atoms with Crippen LogP contribution in [0.1, 0.15) is 58.8 Å². The second-order valence-corrected chi connectivity index (χ2v) is 5.66. The fourth-order valence-corrected chi connectivity index (χ4v) is 2.78. The van der Waals surface area contributed by atoms with Gasteiger partial charge in [0.15, 0.2) is 0 Å². The molecule has 1 aliphatic carbocycles. The van der Waals surface area contributed by atoms with Crippen molar-refractivity contribution in [3.8, 4) is 0 Å². The Balaban J connectivity index is 2.46. The summed E-state index contributed by atoms with van der Waals surface area (Å²) in [5.41, 5.74) is 5.86. The summed E-state index contributed by atoms with van der Waals surface area (Å²) in [6, 6.07) is 0.602. The summed E-state index contributed by atoms with van der Waals surface area (Å²) in [6.07, 6.45) is 8.16. The SMILES string of the molecule is CCCCN(CCCC)C1CCC(N)(CO)C1. The molecule has 0 aromatic carbocycles. The van der Waals surface area contributed by atoms with E-state index in [1.165, 1.54) is 38.8 Å². The summed E-state index contributed by atoms with van der Waals surface area (Å²) < 4.78 is 0. The van der Waals surface area contributed by atoms with Gasteiger partial charge in [-0.15, -0.1) is 0 Å². The van der Waals surface area contributed by atoms with Crippen LogP contribution in [0.2, 0.25) is 0 Å². The van der Waals surface area contributed by atoms with Crippen molar-refractivity contribution in [2.45, 2.75) is 70.4 Å². The van der Waals surface area contributed by atoms with Gasteiger partial charge < -0.3 is 15.7 Å². The summed E-state index contributed by atoms with van der Waals surface area (Å²) in [5.74, 6) is 0. The highest BCUT2D eigenvalue weighted by atomic mass is 16.3. The van der Waals surface area contributed by atoms with E-state index in [9.17, 15) is 5.11 Å². The van der Waals surface area contributed by atoms with E-state index in [2.05, 4.69) is 18.7 Å². The van der Waals surface area contributed by atoms with Crippen molar-refractivity contribution in [3.63, 3.8) is 0 Å². The minimum absolute atomic E-state index is 0.138. The van der Waals surface area contributed by atoms with Gasteiger partial charge in [0.1, 0.15) is 0 Å². The molecule has 3 N–H and O–H groups in total.